The van der Waals surface area contributed by atoms with Gasteiger partial charge in [0, 0.05) is 17.3 Å². The van der Waals surface area contributed by atoms with Crippen molar-refractivity contribution in [1.82, 2.24) is 4.72 Å². The second-order valence-corrected chi connectivity index (χ2v) is 10.0. The highest BCUT2D eigenvalue weighted by atomic mass is 32.2. The largest absolute Gasteiger partial charge is 0.495 e. The van der Waals surface area contributed by atoms with Gasteiger partial charge in [-0.2, -0.15) is 0 Å². The Bertz CT molecular complexity index is 1090. The van der Waals surface area contributed by atoms with E-state index >= 15 is 0 Å². The number of sulfonamides is 2. The van der Waals surface area contributed by atoms with Crippen LogP contribution in [0.25, 0.3) is 0 Å². The number of benzene rings is 2. The van der Waals surface area contributed by atoms with Crippen LogP contribution in [0.1, 0.15) is 24.2 Å². The van der Waals surface area contributed by atoms with Crippen LogP contribution in [0.15, 0.2) is 47.4 Å². The molecule has 0 fully saturated rings. The van der Waals surface area contributed by atoms with Crippen molar-refractivity contribution in [2.24, 2.45) is 0 Å². The molecule has 29 heavy (non-hydrogen) atoms. The van der Waals surface area contributed by atoms with Gasteiger partial charge in [-0.1, -0.05) is 0 Å². The second kappa shape index (κ2) is 8.80. The number of ether oxygens (including phenoxy) is 1. The lowest BCUT2D eigenvalue weighted by Gasteiger charge is -2.14. The predicted octanol–water partition coefficient (Wildman–Crippen LogP) is 2.01. The number of methoxy groups -OCH3 is 1. The smallest absolute Gasteiger partial charge is 0.255 e. The monoisotopic (exact) mass is 441 g/mol. The van der Waals surface area contributed by atoms with E-state index in [1.54, 1.807) is 13.8 Å². The summed E-state index contributed by atoms with van der Waals surface area (Å²) in [6.07, 6.45) is 1.02. The first-order chi connectivity index (χ1) is 13.4. The highest BCUT2D eigenvalue weighted by molar-refractivity contribution is 7.92. The summed E-state index contributed by atoms with van der Waals surface area (Å²) in [5.41, 5.74) is 0.747. The maximum absolute atomic E-state index is 12.5. The van der Waals surface area contributed by atoms with E-state index in [-0.39, 0.29) is 27.9 Å². The molecular formula is C18H23N3O6S2. The van der Waals surface area contributed by atoms with Gasteiger partial charge >= 0.3 is 0 Å². The van der Waals surface area contributed by atoms with Crippen molar-refractivity contribution < 1.29 is 26.4 Å². The van der Waals surface area contributed by atoms with E-state index in [1.807, 2.05) is 0 Å². The summed E-state index contributed by atoms with van der Waals surface area (Å²) in [6.45, 7) is 3.40. The molecule has 0 aromatic heterocycles. The Morgan fingerprint density at radius 2 is 1.62 bits per heavy atom. The lowest BCUT2D eigenvalue weighted by molar-refractivity contribution is 0.102. The summed E-state index contributed by atoms with van der Waals surface area (Å²) >= 11 is 0. The molecule has 0 bridgehead atoms. The zero-order valence-electron chi connectivity index (χ0n) is 16.4. The molecule has 0 aliphatic carbocycles. The highest BCUT2D eigenvalue weighted by Gasteiger charge is 2.19. The molecule has 0 aliphatic heterocycles. The van der Waals surface area contributed by atoms with Crippen molar-refractivity contribution in [2.75, 3.05) is 23.4 Å². The van der Waals surface area contributed by atoms with Gasteiger partial charge in [0.2, 0.25) is 20.0 Å². The van der Waals surface area contributed by atoms with Crippen molar-refractivity contribution in [2.45, 2.75) is 24.8 Å². The molecule has 2 aromatic rings. The van der Waals surface area contributed by atoms with Crippen LogP contribution >= 0.6 is 0 Å². The number of carbonyl (C=O) groups excluding carboxylic acids is 1. The Morgan fingerprint density at radius 1 is 1.00 bits per heavy atom. The van der Waals surface area contributed by atoms with E-state index in [0.29, 0.717) is 5.69 Å². The first-order valence-electron chi connectivity index (χ1n) is 8.51. The van der Waals surface area contributed by atoms with Crippen LogP contribution in [0.3, 0.4) is 0 Å². The first kappa shape index (κ1) is 22.7. The molecule has 0 radical (unpaired) electrons. The summed E-state index contributed by atoms with van der Waals surface area (Å²) in [6, 6.07) is 9.61. The topological polar surface area (TPSA) is 131 Å². The number of carbonyl (C=O) groups is 1. The summed E-state index contributed by atoms with van der Waals surface area (Å²) in [5, 5.41) is 2.62. The van der Waals surface area contributed by atoms with Crippen LogP contribution in [0.5, 0.6) is 5.75 Å². The molecule has 1 amide bonds. The molecule has 2 rings (SSSR count). The summed E-state index contributed by atoms with van der Waals surface area (Å²) in [5.74, 6) is -0.224. The minimum atomic E-state index is -3.75. The van der Waals surface area contributed by atoms with Crippen LogP contribution in [-0.2, 0) is 20.0 Å². The minimum Gasteiger partial charge on any atom is -0.495 e. The fourth-order valence-electron chi connectivity index (χ4n) is 2.43. The van der Waals surface area contributed by atoms with Crippen molar-refractivity contribution >= 4 is 37.3 Å². The number of hydrogen-bond donors (Lipinski definition) is 3. The fraction of sp³-hybridized carbons (Fsp3) is 0.278. The molecule has 11 heteroatoms. The number of hydrogen-bond acceptors (Lipinski definition) is 6. The molecule has 2 aromatic carbocycles. The van der Waals surface area contributed by atoms with Crippen molar-refractivity contribution in [3.05, 3.63) is 48.0 Å². The molecule has 9 nitrogen and oxygen atoms in total. The zero-order valence-corrected chi connectivity index (χ0v) is 18.0. The molecule has 3 N–H and O–H groups in total. The molecule has 0 spiro atoms. The maximum Gasteiger partial charge on any atom is 0.255 e. The van der Waals surface area contributed by atoms with Crippen LogP contribution in [0, 0.1) is 0 Å². The molecule has 0 atom stereocenters. The first-order valence-corrected chi connectivity index (χ1v) is 11.9. The Labute approximate surface area is 170 Å². The van der Waals surface area contributed by atoms with Gasteiger partial charge in [0.05, 0.1) is 23.9 Å². The predicted molar refractivity (Wildman–Crippen MR) is 111 cm³/mol. The van der Waals surface area contributed by atoms with Gasteiger partial charge in [-0.25, -0.2) is 21.6 Å². The molecule has 0 saturated heterocycles. The standard InChI is InChI=1S/C18H23N3O6S2/c1-12(2)20-29(25,26)15-9-10-17(27-3)16(11-15)19-18(22)13-5-7-14(8-6-13)21-28(4,23)24/h5-12,20-21H,1-4H3,(H,19,22). The van der Waals surface area contributed by atoms with Crippen molar-refractivity contribution in [1.29, 1.82) is 0 Å². The Kier molecular flexibility index (Phi) is 6.88. The lowest BCUT2D eigenvalue weighted by atomic mass is 10.2. The highest BCUT2D eigenvalue weighted by Crippen LogP contribution is 2.28. The van der Waals surface area contributed by atoms with Crippen molar-refractivity contribution in [3.8, 4) is 5.75 Å². The normalized spacial score (nSPS) is 11.9. The second-order valence-electron chi connectivity index (χ2n) is 6.54. The van der Waals surface area contributed by atoms with Gasteiger partial charge in [0.25, 0.3) is 5.91 Å². The van der Waals surface area contributed by atoms with Crippen molar-refractivity contribution in [3.63, 3.8) is 0 Å². The maximum atomic E-state index is 12.5. The quantitative estimate of drug-likeness (QED) is 0.574. The zero-order chi connectivity index (χ0) is 21.8. The van der Waals surface area contributed by atoms with E-state index in [9.17, 15) is 21.6 Å². The van der Waals surface area contributed by atoms with Crippen LogP contribution in [0.4, 0.5) is 11.4 Å². The molecule has 0 unspecified atom stereocenters. The van der Waals surface area contributed by atoms with Gasteiger partial charge in [0.15, 0.2) is 0 Å². The van der Waals surface area contributed by atoms with Gasteiger partial charge in [-0.05, 0) is 56.3 Å². The average Bonchev–Trinajstić information content (AvgIpc) is 2.59. The third kappa shape index (κ3) is 6.44. The average molecular weight is 442 g/mol. The molecular weight excluding hydrogens is 418 g/mol. The van der Waals surface area contributed by atoms with E-state index in [0.717, 1.165) is 6.26 Å². The van der Waals surface area contributed by atoms with Gasteiger partial charge in [-0.15, -0.1) is 0 Å². The number of amides is 1. The lowest BCUT2D eigenvalue weighted by Crippen LogP contribution is -2.30. The summed E-state index contributed by atoms with van der Waals surface area (Å²) < 4.78 is 57.2. The van der Waals surface area contributed by atoms with Gasteiger partial charge in [0.1, 0.15) is 5.75 Å². The third-order valence-corrected chi connectivity index (χ3v) is 5.83. The number of rotatable bonds is 8. The number of anilines is 2. The molecule has 0 aliphatic rings. The SMILES string of the molecule is COc1ccc(S(=O)(=O)NC(C)C)cc1NC(=O)c1ccc(NS(C)(=O)=O)cc1. The Hall–Kier alpha value is -2.63. The molecule has 158 valence electrons. The van der Waals surface area contributed by atoms with Gasteiger partial charge < -0.3 is 10.1 Å². The Balaban J connectivity index is 2.28. The number of nitrogens with one attached hydrogen (secondary N) is 3. The van der Waals surface area contributed by atoms with E-state index < -0.39 is 26.0 Å². The minimum absolute atomic E-state index is 0.0185. The molecule has 0 heterocycles. The van der Waals surface area contributed by atoms with Crippen LogP contribution in [-0.4, -0.2) is 42.2 Å². The van der Waals surface area contributed by atoms with Crippen LogP contribution in [0.2, 0.25) is 0 Å². The fourth-order valence-corrected chi connectivity index (χ4v) is 4.27. The molecule has 0 saturated carbocycles. The van der Waals surface area contributed by atoms with Gasteiger partial charge in [-0.3, -0.25) is 9.52 Å². The van der Waals surface area contributed by atoms with E-state index in [2.05, 4.69) is 14.8 Å². The van der Waals surface area contributed by atoms with Crippen LogP contribution < -0.4 is 19.5 Å². The summed E-state index contributed by atoms with van der Waals surface area (Å²) in [4.78, 5) is 12.5. The van der Waals surface area contributed by atoms with E-state index in [1.165, 1.54) is 49.6 Å². The summed E-state index contributed by atoms with van der Waals surface area (Å²) in [7, 11) is -5.78. The van der Waals surface area contributed by atoms with E-state index in [4.69, 9.17) is 4.74 Å². The Morgan fingerprint density at radius 3 is 2.14 bits per heavy atom. The third-order valence-electron chi connectivity index (χ3n) is 3.57.